The van der Waals surface area contributed by atoms with E-state index in [1.165, 1.54) is 6.20 Å². The van der Waals surface area contributed by atoms with Gasteiger partial charge in [0.25, 0.3) is 0 Å². The fourth-order valence-electron chi connectivity index (χ4n) is 5.62. The molecule has 0 bridgehead atoms. The van der Waals surface area contributed by atoms with Gasteiger partial charge in [-0.05, 0) is 12.0 Å². The van der Waals surface area contributed by atoms with Crippen molar-refractivity contribution in [2.45, 2.75) is 26.4 Å². The molecule has 1 aliphatic rings. The van der Waals surface area contributed by atoms with Gasteiger partial charge in [-0.2, -0.15) is 0 Å². The van der Waals surface area contributed by atoms with E-state index in [2.05, 4.69) is 20.3 Å². The standard InChI is InChI=1S/C30H31F2N7O4/c1-14(2)20(33)13-39-12-18(30(41)42)27(40)16-8-15(10-36-29(16)39)17-11-35-28-23(26(17)38-4-6-43-7-5-38)22-24(32)19(31)9-21(34-3)25(22)37-28/h8-12,14,20,34H,4-7,13,33H2,1-3H3,(H,35,37)(H,41,42). The number of aromatic amines is 1. The Morgan fingerprint density at radius 2 is 1.93 bits per heavy atom. The normalized spacial score (nSPS) is 14.7. The first-order chi connectivity index (χ1) is 20.6. The number of aromatic nitrogens is 4. The van der Waals surface area contributed by atoms with E-state index in [-0.39, 0.29) is 34.9 Å². The number of aromatic carboxylic acids is 1. The minimum absolute atomic E-state index is 0.0436. The lowest BCUT2D eigenvalue weighted by molar-refractivity contribution is 0.0694. The van der Waals surface area contributed by atoms with Crippen LogP contribution in [-0.2, 0) is 11.3 Å². The van der Waals surface area contributed by atoms with Gasteiger partial charge >= 0.3 is 5.97 Å². The number of carboxylic acids is 1. The van der Waals surface area contributed by atoms with Crippen molar-refractivity contribution in [3.8, 4) is 11.1 Å². The topological polar surface area (TPSA) is 151 Å². The first kappa shape index (κ1) is 28.5. The number of hydrogen-bond donors (Lipinski definition) is 4. The van der Waals surface area contributed by atoms with Crippen molar-refractivity contribution in [2.24, 2.45) is 11.7 Å². The number of anilines is 2. The van der Waals surface area contributed by atoms with Gasteiger partial charge in [0.2, 0.25) is 5.43 Å². The highest BCUT2D eigenvalue weighted by molar-refractivity contribution is 6.18. The Hall–Kier alpha value is -4.62. The molecule has 43 heavy (non-hydrogen) atoms. The van der Waals surface area contributed by atoms with E-state index in [1.807, 2.05) is 18.7 Å². The van der Waals surface area contributed by atoms with Crippen molar-refractivity contribution >= 4 is 50.3 Å². The Balaban J connectivity index is 1.66. The van der Waals surface area contributed by atoms with Crippen molar-refractivity contribution in [3.63, 3.8) is 0 Å². The molecule has 0 radical (unpaired) electrons. The van der Waals surface area contributed by atoms with Crippen molar-refractivity contribution in [1.29, 1.82) is 0 Å². The van der Waals surface area contributed by atoms with Crippen molar-refractivity contribution in [2.75, 3.05) is 43.6 Å². The number of ether oxygens (including phenoxy) is 1. The summed E-state index contributed by atoms with van der Waals surface area (Å²) >= 11 is 0. The number of morpholine rings is 1. The number of nitrogens with zero attached hydrogens (tertiary/aromatic N) is 4. The Kier molecular flexibility index (Phi) is 7.22. The van der Waals surface area contributed by atoms with Crippen LogP contribution in [0, 0.1) is 17.6 Å². The summed E-state index contributed by atoms with van der Waals surface area (Å²) in [5.41, 5.74) is 8.13. The van der Waals surface area contributed by atoms with E-state index in [0.29, 0.717) is 65.4 Å². The lowest BCUT2D eigenvalue weighted by atomic mass is 10.0. The zero-order valence-corrected chi connectivity index (χ0v) is 23.9. The lowest BCUT2D eigenvalue weighted by Crippen LogP contribution is -2.36. The van der Waals surface area contributed by atoms with Crippen LogP contribution in [0.15, 0.2) is 35.5 Å². The Morgan fingerprint density at radius 1 is 1.19 bits per heavy atom. The number of fused-ring (bicyclic) bond motifs is 4. The molecule has 1 atom stereocenters. The van der Waals surface area contributed by atoms with E-state index in [9.17, 15) is 19.1 Å². The van der Waals surface area contributed by atoms with Gasteiger partial charge in [-0.15, -0.1) is 0 Å². The van der Waals surface area contributed by atoms with Crippen LogP contribution in [0.25, 0.3) is 44.1 Å². The van der Waals surface area contributed by atoms with Gasteiger partial charge in [-0.25, -0.2) is 23.5 Å². The Morgan fingerprint density at radius 3 is 2.60 bits per heavy atom. The molecule has 0 saturated carbocycles. The Labute approximate surface area is 244 Å². The molecule has 1 fully saturated rings. The van der Waals surface area contributed by atoms with Crippen molar-refractivity contribution < 1.29 is 23.4 Å². The summed E-state index contributed by atoms with van der Waals surface area (Å²) in [5.74, 6) is -3.29. The maximum Gasteiger partial charge on any atom is 0.341 e. The monoisotopic (exact) mass is 591 g/mol. The molecular formula is C30H31F2N7O4. The van der Waals surface area contributed by atoms with Crippen LogP contribution in [0.2, 0.25) is 0 Å². The van der Waals surface area contributed by atoms with E-state index in [0.717, 1.165) is 6.07 Å². The van der Waals surface area contributed by atoms with Crippen LogP contribution < -0.4 is 21.4 Å². The number of halogens is 2. The summed E-state index contributed by atoms with van der Waals surface area (Å²) in [6, 6.07) is 2.35. The third kappa shape index (κ3) is 4.74. The molecule has 1 aromatic carbocycles. The zero-order valence-electron chi connectivity index (χ0n) is 23.9. The first-order valence-electron chi connectivity index (χ1n) is 14.0. The van der Waals surface area contributed by atoms with Gasteiger partial charge in [-0.1, -0.05) is 13.8 Å². The number of H-pyrrole nitrogens is 1. The number of nitrogens with two attached hydrogens (primary N) is 1. The minimum atomic E-state index is -1.36. The highest BCUT2D eigenvalue weighted by Crippen LogP contribution is 2.43. The van der Waals surface area contributed by atoms with E-state index in [4.69, 9.17) is 10.5 Å². The number of carbonyl (C=O) groups is 1. The molecule has 5 N–H and O–H groups in total. The molecule has 1 aliphatic heterocycles. The van der Waals surface area contributed by atoms with E-state index < -0.39 is 28.6 Å². The Bertz CT molecular complexity index is 1960. The number of benzene rings is 1. The van der Waals surface area contributed by atoms with Crippen LogP contribution in [0.4, 0.5) is 20.2 Å². The zero-order chi connectivity index (χ0) is 30.6. The van der Waals surface area contributed by atoms with Gasteiger partial charge in [-0.3, -0.25) is 4.79 Å². The SMILES string of the molecule is CNc1cc(F)c(F)c2c1[nH]c1ncc(-c3cnc4c(c3)c(=O)c(C(=O)O)cn4CC(N)C(C)C)c(N3CCOCC3)c12. The fourth-order valence-corrected chi connectivity index (χ4v) is 5.62. The van der Waals surface area contributed by atoms with Crippen LogP contribution in [0.5, 0.6) is 0 Å². The predicted octanol–water partition coefficient (Wildman–Crippen LogP) is 3.93. The highest BCUT2D eigenvalue weighted by atomic mass is 19.2. The number of nitrogens with one attached hydrogen (secondary N) is 2. The summed E-state index contributed by atoms with van der Waals surface area (Å²) < 4.78 is 37.5. The number of rotatable bonds is 7. The number of hydrogen-bond acceptors (Lipinski definition) is 8. The maximum absolute atomic E-state index is 15.5. The molecule has 5 heterocycles. The van der Waals surface area contributed by atoms with Gasteiger partial charge in [0.15, 0.2) is 11.6 Å². The minimum Gasteiger partial charge on any atom is -0.477 e. The molecule has 5 aromatic rings. The molecule has 13 heteroatoms. The quantitative estimate of drug-likeness (QED) is 0.221. The molecule has 1 saturated heterocycles. The number of pyridine rings is 3. The average Bonchev–Trinajstić information content (AvgIpc) is 3.40. The largest absolute Gasteiger partial charge is 0.477 e. The molecule has 11 nitrogen and oxygen atoms in total. The van der Waals surface area contributed by atoms with Crippen LogP contribution in [0.3, 0.4) is 0 Å². The van der Waals surface area contributed by atoms with Crippen LogP contribution in [-0.4, -0.2) is 70.0 Å². The van der Waals surface area contributed by atoms with Crippen molar-refractivity contribution in [3.05, 3.63) is 58.1 Å². The second kappa shape index (κ2) is 10.9. The van der Waals surface area contributed by atoms with Gasteiger partial charge < -0.3 is 35.3 Å². The molecule has 6 rings (SSSR count). The van der Waals surface area contributed by atoms with Crippen LogP contribution >= 0.6 is 0 Å². The second-order valence-corrected chi connectivity index (χ2v) is 11.0. The van der Waals surface area contributed by atoms with E-state index in [1.54, 1.807) is 30.1 Å². The summed E-state index contributed by atoms with van der Waals surface area (Å²) in [7, 11) is 1.62. The first-order valence-corrected chi connectivity index (χ1v) is 14.0. The fraction of sp³-hybridized carbons (Fsp3) is 0.333. The molecule has 1 unspecified atom stereocenters. The summed E-state index contributed by atoms with van der Waals surface area (Å²) in [4.78, 5) is 39.7. The molecule has 0 spiro atoms. The third-order valence-corrected chi connectivity index (χ3v) is 8.08. The number of carboxylic acid groups (broad SMARTS) is 1. The lowest BCUT2D eigenvalue weighted by Gasteiger charge is -2.31. The van der Waals surface area contributed by atoms with Gasteiger partial charge in [0, 0.05) is 68.5 Å². The van der Waals surface area contributed by atoms with Gasteiger partial charge in [0.05, 0.1) is 46.3 Å². The highest BCUT2D eigenvalue weighted by Gasteiger charge is 2.27. The summed E-state index contributed by atoms with van der Waals surface area (Å²) in [6.07, 6.45) is 4.43. The van der Waals surface area contributed by atoms with Gasteiger partial charge in [0.1, 0.15) is 16.9 Å². The summed E-state index contributed by atoms with van der Waals surface area (Å²) in [5, 5.41) is 13.2. The van der Waals surface area contributed by atoms with Crippen LogP contribution in [0.1, 0.15) is 24.2 Å². The molecule has 0 amide bonds. The van der Waals surface area contributed by atoms with E-state index >= 15 is 4.39 Å². The maximum atomic E-state index is 15.5. The smallest absolute Gasteiger partial charge is 0.341 e. The molecule has 224 valence electrons. The predicted molar refractivity (Wildman–Crippen MR) is 161 cm³/mol. The molecule has 4 aromatic heterocycles. The summed E-state index contributed by atoms with van der Waals surface area (Å²) in [6.45, 7) is 5.94. The molecule has 0 aliphatic carbocycles. The average molecular weight is 592 g/mol. The molecular weight excluding hydrogens is 560 g/mol. The third-order valence-electron chi connectivity index (χ3n) is 8.08. The second-order valence-electron chi connectivity index (χ2n) is 11.0. The van der Waals surface area contributed by atoms with Crippen molar-refractivity contribution in [1.82, 2.24) is 19.5 Å².